The Morgan fingerprint density at radius 2 is 2.05 bits per heavy atom. The number of benzene rings is 1. The number of amides is 1. The summed E-state index contributed by atoms with van der Waals surface area (Å²) in [5, 5.41) is 8.78. The number of ether oxygens (including phenoxy) is 1. The Hall–Kier alpha value is -2.11. The third-order valence-electron chi connectivity index (χ3n) is 3.50. The standard InChI is InChI=1S/C15H18FNO4/c16-15(14(19)20)8-9-17(11-15)13(18)7-4-10-21-12-5-2-1-3-6-12/h1-3,5-6H,4,7-11H2,(H,19,20). The maximum atomic E-state index is 13.8. The van der Waals surface area contributed by atoms with Crippen LogP contribution in [0, 0.1) is 0 Å². The molecule has 114 valence electrons. The van der Waals surface area contributed by atoms with Crippen molar-refractivity contribution in [2.75, 3.05) is 19.7 Å². The number of carboxylic acids is 1. The Bertz CT molecular complexity index is 508. The fourth-order valence-corrected chi connectivity index (χ4v) is 2.25. The average Bonchev–Trinajstić information content (AvgIpc) is 2.89. The van der Waals surface area contributed by atoms with Crippen LogP contribution in [0.1, 0.15) is 19.3 Å². The first-order valence-corrected chi connectivity index (χ1v) is 6.89. The molecule has 1 aromatic carbocycles. The van der Waals surface area contributed by atoms with Crippen LogP contribution in [0.5, 0.6) is 5.75 Å². The second-order valence-electron chi connectivity index (χ2n) is 5.10. The van der Waals surface area contributed by atoms with E-state index in [2.05, 4.69) is 0 Å². The van der Waals surface area contributed by atoms with E-state index in [0.717, 1.165) is 5.75 Å². The number of hydrogen-bond donors (Lipinski definition) is 1. The van der Waals surface area contributed by atoms with Gasteiger partial charge in [0.25, 0.3) is 0 Å². The Morgan fingerprint density at radius 3 is 2.67 bits per heavy atom. The van der Waals surface area contributed by atoms with E-state index in [1.165, 1.54) is 4.90 Å². The van der Waals surface area contributed by atoms with E-state index >= 15 is 0 Å². The van der Waals surface area contributed by atoms with E-state index in [-0.39, 0.29) is 31.8 Å². The molecule has 1 fully saturated rings. The summed E-state index contributed by atoms with van der Waals surface area (Å²) in [4.78, 5) is 23.9. The van der Waals surface area contributed by atoms with Crippen molar-refractivity contribution >= 4 is 11.9 Å². The van der Waals surface area contributed by atoms with Crippen LogP contribution in [0.2, 0.25) is 0 Å². The molecular formula is C15H18FNO4. The number of carbonyl (C=O) groups is 2. The van der Waals surface area contributed by atoms with Gasteiger partial charge in [-0.05, 0) is 18.6 Å². The number of likely N-dealkylation sites (tertiary alicyclic amines) is 1. The molecule has 0 aromatic heterocycles. The van der Waals surface area contributed by atoms with Gasteiger partial charge in [-0.3, -0.25) is 4.79 Å². The smallest absolute Gasteiger partial charge is 0.343 e. The molecule has 1 aliphatic rings. The van der Waals surface area contributed by atoms with Gasteiger partial charge >= 0.3 is 5.97 Å². The highest BCUT2D eigenvalue weighted by atomic mass is 19.1. The van der Waals surface area contributed by atoms with Crippen LogP contribution in [0.15, 0.2) is 30.3 Å². The number of aliphatic carboxylic acids is 1. The van der Waals surface area contributed by atoms with Gasteiger partial charge < -0.3 is 14.7 Å². The molecule has 0 aliphatic carbocycles. The minimum absolute atomic E-state index is 0.144. The molecular weight excluding hydrogens is 277 g/mol. The van der Waals surface area contributed by atoms with Crippen LogP contribution in [-0.2, 0) is 9.59 Å². The second kappa shape index (κ2) is 6.56. The van der Waals surface area contributed by atoms with Gasteiger partial charge in [0.05, 0.1) is 13.2 Å². The zero-order valence-electron chi connectivity index (χ0n) is 11.6. The van der Waals surface area contributed by atoms with Crippen molar-refractivity contribution in [3.8, 4) is 5.75 Å². The van der Waals surface area contributed by atoms with E-state index in [4.69, 9.17) is 9.84 Å². The Balaban J connectivity index is 1.70. The zero-order valence-corrected chi connectivity index (χ0v) is 11.6. The lowest BCUT2D eigenvalue weighted by Gasteiger charge is -2.17. The highest BCUT2D eigenvalue weighted by Gasteiger charge is 2.46. The quantitative estimate of drug-likeness (QED) is 0.814. The number of rotatable bonds is 6. The maximum Gasteiger partial charge on any atom is 0.343 e. The maximum absolute atomic E-state index is 13.8. The van der Waals surface area contributed by atoms with E-state index < -0.39 is 11.6 Å². The summed E-state index contributed by atoms with van der Waals surface area (Å²) in [6, 6.07) is 9.25. The lowest BCUT2D eigenvalue weighted by molar-refractivity contribution is -0.150. The van der Waals surface area contributed by atoms with Crippen LogP contribution in [0.25, 0.3) is 0 Å². The van der Waals surface area contributed by atoms with Gasteiger partial charge in [-0.15, -0.1) is 0 Å². The van der Waals surface area contributed by atoms with Crippen molar-refractivity contribution < 1.29 is 23.8 Å². The predicted molar refractivity (Wildman–Crippen MR) is 73.8 cm³/mol. The summed E-state index contributed by atoms with van der Waals surface area (Å²) in [7, 11) is 0. The molecule has 1 N–H and O–H groups in total. The molecule has 6 heteroatoms. The lowest BCUT2D eigenvalue weighted by atomic mass is 10.1. The average molecular weight is 295 g/mol. The molecule has 0 spiro atoms. The van der Waals surface area contributed by atoms with Gasteiger partial charge in [-0.1, -0.05) is 18.2 Å². The third-order valence-corrected chi connectivity index (χ3v) is 3.50. The number of carboxylic acid groups (broad SMARTS) is 1. The molecule has 1 aromatic rings. The van der Waals surface area contributed by atoms with Crippen molar-refractivity contribution in [1.82, 2.24) is 4.90 Å². The molecule has 0 radical (unpaired) electrons. The number of carbonyl (C=O) groups excluding carboxylic acids is 1. The first kappa shape index (κ1) is 15.3. The molecule has 0 saturated carbocycles. The zero-order chi connectivity index (χ0) is 15.3. The number of para-hydroxylation sites is 1. The van der Waals surface area contributed by atoms with E-state index in [1.54, 1.807) is 0 Å². The first-order valence-electron chi connectivity index (χ1n) is 6.89. The second-order valence-corrected chi connectivity index (χ2v) is 5.10. The molecule has 5 nitrogen and oxygen atoms in total. The number of alkyl halides is 1. The van der Waals surface area contributed by atoms with Gasteiger partial charge in [0.1, 0.15) is 5.75 Å². The third kappa shape index (κ3) is 3.93. The van der Waals surface area contributed by atoms with E-state index in [9.17, 15) is 14.0 Å². The first-order chi connectivity index (χ1) is 10.0. The number of hydrogen-bond acceptors (Lipinski definition) is 3. The molecule has 1 unspecified atom stereocenters. The van der Waals surface area contributed by atoms with Gasteiger partial charge in [-0.25, -0.2) is 9.18 Å². The number of nitrogens with zero attached hydrogens (tertiary/aromatic N) is 1. The van der Waals surface area contributed by atoms with Gasteiger partial charge in [0, 0.05) is 19.4 Å². The van der Waals surface area contributed by atoms with E-state index in [0.29, 0.717) is 13.0 Å². The summed E-state index contributed by atoms with van der Waals surface area (Å²) < 4.78 is 19.3. The molecule has 21 heavy (non-hydrogen) atoms. The molecule has 2 rings (SSSR count). The molecule has 1 amide bonds. The van der Waals surface area contributed by atoms with Crippen molar-refractivity contribution in [3.63, 3.8) is 0 Å². The Labute approximate surface area is 122 Å². The summed E-state index contributed by atoms with van der Waals surface area (Å²) >= 11 is 0. The molecule has 1 saturated heterocycles. The highest BCUT2D eigenvalue weighted by Crippen LogP contribution is 2.26. The predicted octanol–water partition coefficient (Wildman–Crippen LogP) is 1.87. The van der Waals surface area contributed by atoms with Crippen molar-refractivity contribution in [2.45, 2.75) is 24.9 Å². The minimum atomic E-state index is -2.30. The van der Waals surface area contributed by atoms with Crippen LogP contribution in [-0.4, -0.2) is 47.2 Å². The lowest BCUT2D eigenvalue weighted by Crippen LogP contribution is -2.38. The van der Waals surface area contributed by atoms with Crippen LogP contribution >= 0.6 is 0 Å². The highest BCUT2D eigenvalue weighted by molar-refractivity contribution is 5.82. The minimum Gasteiger partial charge on any atom is -0.494 e. The summed E-state index contributed by atoms with van der Waals surface area (Å²) in [6.07, 6.45) is 0.591. The van der Waals surface area contributed by atoms with Gasteiger partial charge in [0.2, 0.25) is 11.6 Å². The molecule has 1 heterocycles. The van der Waals surface area contributed by atoms with Gasteiger partial charge in [-0.2, -0.15) is 0 Å². The topological polar surface area (TPSA) is 66.8 Å². The summed E-state index contributed by atoms with van der Waals surface area (Å²) in [5.41, 5.74) is -2.30. The fraction of sp³-hybridized carbons (Fsp3) is 0.467. The van der Waals surface area contributed by atoms with Crippen LogP contribution in [0.3, 0.4) is 0 Å². The van der Waals surface area contributed by atoms with Crippen LogP contribution in [0.4, 0.5) is 4.39 Å². The molecule has 1 aliphatic heterocycles. The molecule has 0 bridgehead atoms. The normalized spacial score (nSPS) is 21.3. The van der Waals surface area contributed by atoms with Crippen molar-refractivity contribution in [1.29, 1.82) is 0 Å². The Kier molecular flexibility index (Phi) is 4.77. The largest absolute Gasteiger partial charge is 0.494 e. The molecule has 1 atom stereocenters. The van der Waals surface area contributed by atoms with Crippen molar-refractivity contribution in [3.05, 3.63) is 30.3 Å². The summed E-state index contributed by atoms with van der Waals surface area (Å²) in [5.74, 6) is -0.988. The number of halogens is 1. The van der Waals surface area contributed by atoms with Crippen LogP contribution < -0.4 is 4.74 Å². The van der Waals surface area contributed by atoms with E-state index in [1.807, 2.05) is 30.3 Å². The van der Waals surface area contributed by atoms with Crippen molar-refractivity contribution in [2.24, 2.45) is 0 Å². The fourth-order valence-electron chi connectivity index (χ4n) is 2.25. The monoisotopic (exact) mass is 295 g/mol. The SMILES string of the molecule is O=C(CCCOc1ccccc1)N1CCC(F)(C(=O)O)C1. The van der Waals surface area contributed by atoms with Gasteiger partial charge in [0.15, 0.2) is 0 Å². The Morgan fingerprint density at radius 1 is 1.33 bits per heavy atom. The summed E-state index contributed by atoms with van der Waals surface area (Å²) in [6.45, 7) is 0.186.